The Morgan fingerprint density at radius 1 is 1.09 bits per heavy atom. The van der Waals surface area contributed by atoms with Crippen LogP contribution in [0.5, 0.6) is 0 Å². The largest absolute Gasteiger partial charge is 0.351 e. The van der Waals surface area contributed by atoms with E-state index in [4.69, 9.17) is 4.98 Å². The van der Waals surface area contributed by atoms with E-state index in [1.54, 1.807) is 12.4 Å². The van der Waals surface area contributed by atoms with E-state index in [2.05, 4.69) is 37.0 Å². The van der Waals surface area contributed by atoms with Crippen LogP contribution in [-0.4, -0.2) is 87.9 Å². The Balaban J connectivity index is 1.29. The second kappa shape index (κ2) is 9.84. The van der Waals surface area contributed by atoms with Crippen LogP contribution in [0, 0.1) is 0 Å². The van der Waals surface area contributed by atoms with Crippen molar-refractivity contribution in [3.05, 3.63) is 54.4 Å². The van der Waals surface area contributed by atoms with E-state index < -0.39 is 0 Å². The summed E-state index contributed by atoms with van der Waals surface area (Å²) >= 11 is 0. The molecule has 0 radical (unpaired) electrons. The molecule has 0 aromatic carbocycles. The maximum atomic E-state index is 13.1. The van der Waals surface area contributed by atoms with Crippen LogP contribution in [0.15, 0.2) is 42.9 Å². The van der Waals surface area contributed by atoms with Crippen LogP contribution in [0.25, 0.3) is 5.52 Å². The first-order valence-corrected chi connectivity index (χ1v) is 11.9. The summed E-state index contributed by atoms with van der Waals surface area (Å²) in [5.74, 6) is 1.48. The molecule has 0 bridgehead atoms. The third kappa shape index (κ3) is 4.69. The van der Waals surface area contributed by atoms with Crippen molar-refractivity contribution >= 4 is 17.4 Å². The third-order valence-electron chi connectivity index (χ3n) is 6.68. The minimum Gasteiger partial charge on any atom is -0.351 e. The maximum Gasteiger partial charge on any atom is 0.272 e. The molecule has 33 heavy (non-hydrogen) atoms. The van der Waals surface area contributed by atoms with Crippen molar-refractivity contribution < 1.29 is 4.79 Å². The van der Waals surface area contributed by atoms with Crippen molar-refractivity contribution in [3.63, 3.8) is 0 Å². The van der Waals surface area contributed by atoms with Gasteiger partial charge in [-0.05, 0) is 51.1 Å². The average Bonchev–Trinajstić information content (AvgIpc) is 3.48. The highest BCUT2D eigenvalue weighted by molar-refractivity contribution is 5.99. The molecule has 0 spiro atoms. The number of fused-ring (bicyclic) bond motifs is 1. The summed E-state index contributed by atoms with van der Waals surface area (Å²) in [5, 5.41) is 3.10. The molecule has 2 saturated heterocycles. The van der Waals surface area contributed by atoms with Gasteiger partial charge in [-0.2, -0.15) is 0 Å². The SMILES string of the molecule is CN1CCN(CCCNC(=O)c2nc(C3CCCN3c3ncccn3)n3ccccc23)CC1. The molecule has 9 heteroatoms. The molecule has 1 unspecified atom stereocenters. The number of amides is 1. The summed E-state index contributed by atoms with van der Waals surface area (Å²) < 4.78 is 2.05. The number of carbonyl (C=O) groups is 1. The predicted octanol–water partition coefficient (Wildman–Crippen LogP) is 1.83. The molecule has 5 heterocycles. The zero-order valence-corrected chi connectivity index (χ0v) is 19.2. The van der Waals surface area contributed by atoms with Gasteiger partial charge in [0.15, 0.2) is 5.69 Å². The number of carbonyl (C=O) groups excluding carboxylic acids is 1. The first kappa shape index (κ1) is 21.8. The molecule has 2 aliphatic rings. The molecule has 3 aromatic rings. The Labute approximate surface area is 194 Å². The lowest BCUT2D eigenvalue weighted by Crippen LogP contribution is -2.45. The van der Waals surface area contributed by atoms with E-state index in [9.17, 15) is 4.79 Å². The third-order valence-corrected chi connectivity index (χ3v) is 6.68. The summed E-state index contributed by atoms with van der Waals surface area (Å²) in [6, 6.07) is 7.77. The molecule has 3 aromatic heterocycles. The van der Waals surface area contributed by atoms with Gasteiger partial charge in [0.1, 0.15) is 5.82 Å². The van der Waals surface area contributed by atoms with Crippen LogP contribution in [0.1, 0.15) is 41.6 Å². The highest BCUT2D eigenvalue weighted by Crippen LogP contribution is 2.34. The van der Waals surface area contributed by atoms with Crippen LogP contribution < -0.4 is 10.2 Å². The molecular weight excluding hydrogens is 416 g/mol. The zero-order valence-electron chi connectivity index (χ0n) is 19.2. The standard InChI is InChI=1S/C24H32N8O/c1-29-15-17-30(18-16-29)12-6-11-25-23(33)21-19-7-2-3-13-31(19)22(28-21)20-8-4-14-32(20)24-26-9-5-10-27-24/h2-3,5,7,9-10,13,20H,4,6,8,11-12,14-18H2,1H3,(H,25,33). The fraction of sp³-hybridized carbons (Fsp3) is 0.500. The van der Waals surface area contributed by atoms with Crippen LogP contribution >= 0.6 is 0 Å². The first-order chi connectivity index (χ1) is 16.2. The number of pyridine rings is 1. The molecule has 9 nitrogen and oxygen atoms in total. The minimum atomic E-state index is -0.108. The van der Waals surface area contributed by atoms with Gasteiger partial charge in [0, 0.05) is 57.9 Å². The maximum absolute atomic E-state index is 13.1. The fourth-order valence-electron chi connectivity index (χ4n) is 4.84. The number of likely N-dealkylation sites (N-methyl/N-ethyl adjacent to an activating group) is 1. The van der Waals surface area contributed by atoms with Crippen LogP contribution in [0.4, 0.5) is 5.95 Å². The van der Waals surface area contributed by atoms with Crippen LogP contribution in [-0.2, 0) is 0 Å². The number of hydrogen-bond acceptors (Lipinski definition) is 7. The molecular formula is C24H32N8O. The Morgan fingerprint density at radius 2 is 1.91 bits per heavy atom. The van der Waals surface area contributed by atoms with Crippen molar-refractivity contribution in [1.29, 1.82) is 0 Å². The predicted molar refractivity (Wildman–Crippen MR) is 127 cm³/mol. The quantitative estimate of drug-likeness (QED) is 0.552. The molecule has 1 amide bonds. The van der Waals surface area contributed by atoms with E-state index in [-0.39, 0.29) is 11.9 Å². The van der Waals surface area contributed by atoms with Crippen molar-refractivity contribution in [1.82, 2.24) is 34.5 Å². The number of nitrogens with one attached hydrogen (secondary N) is 1. The Kier molecular flexibility index (Phi) is 6.50. The van der Waals surface area contributed by atoms with Crippen molar-refractivity contribution in [2.45, 2.75) is 25.3 Å². The van der Waals surface area contributed by atoms with Gasteiger partial charge in [-0.15, -0.1) is 0 Å². The fourth-order valence-corrected chi connectivity index (χ4v) is 4.84. The summed E-state index contributed by atoms with van der Waals surface area (Å²) in [4.78, 5) is 33.9. The second-order valence-corrected chi connectivity index (χ2v) is 8.93. The van der Waals surface area contributed by atoms with Gasteiger partial charge in [0.05, 0.1) is 11.6 Å². The zero-order chi connectivity index (χ0) is 22.6. The van der Waals surface area contributed by atoms with E-state index in [1.807, 2.05) is 34.9 Å². The van der Waals surface area contributed by atoms with E-state index in [0.717, 1.165) is 69.9 Å². The van der Waals surface area contributed by atoms with Crippen molar-refractivity contribution in [2.75, 3.05) is 57.8 Å². The number of nitrogens with zero attached hydrogens (tertiary/aromatic N) is 7. The molecule has 2 aliphatic heterocycles. The molecule has 174 valence electrons. The molecule has 1 atom stereocenters. The number of hydrogen-bond donors (Lipinski definition) is 1. The summed E-state index contributed by atoms with van der Waals surface area (Å²) in [6.45, 7) is 6.97. The van der Waals surface area contributed by atoms with E-state index in [0.29, 0.717) is 18.2 Å². The van der Waals surface area contributed by atoms with Crippen LogP contribution in [0.2, 0.25) is 0 Å². The summed E-state index contributed by atoms with van der Waals surface area (Å²) in [7, 11) is 2.17. The van der Waals surface area contributed by atoms with Gasteiger partial charge in [-0.1, -0.05) is 6.07 Å². The second-order valence-electron chi connectivity index (χ2n) is 8.93. The number of piperazine rings is 1. The Hall–Kier alpha value is -3.04. The van der Waals surface area contributed by atoms with Gasteiger partial charge < -0.3 is 24.4 Å². The van der Waals surface area contributed by atoms with Crippen LogP contribution in [0.3, 0.4) is 0 Å². The molecule has 2 fully saturated rings. The Bertz CT molecular complexity index is 1080. The first-order valence-electron chi connectivity index (χ1n) is 11.9. The minimum absolute atomic E-state index is 0.0427. The normalized spacial score (nSPS) is 19.9. The summed E-state index contributed by atoms with van der Waals surface area (Å²) in [5.41, 5.74) is 1.33. The van der Waals surface area contributed by atoms with Gasteiger partial charge in [-0.3, -0.25) is 4.79 Å². The van der Waals surface area contributed by atoms with Crippen molar-refractivity contribution in [3.8, 4) is 0 Å². The topological polar surface area (TPSA) is 81.9 Å². The molecule has 0 saturated carbocycles. The molecule has 0 aliphatic carbocycles. The lowest BCUT2D eigenvalue weighted by atomic mass is 10.2. The lowest BCUT2D eigenvalue weighted by molar-refractivity contribution is 0.0946. The Morgan fingerprint density at radius 3 is 2.73 bits per heavy atom. The molecule has 5 rings (SSSR count). The smallest absolute Gasteiger partial charge is 0.272 e. The van der Waals surface area contributed by atoms with E-state index >= 15 is 0 Å². The highest BCUT2D eigenvalue weighted by Gasteiger charge is 2.32. The van der Waals surface area contributed by atoms with Gasteiger partial charge in [-0.25, -0.2) is 15.0 Å². The average molecular weight is 449 g/mol. The number of anilines is 1. The van der Waals surface area contributed by atoms with E-state index in [1.165, 1.54) is 0 Å². The summed E-state index contributed by atoms with van der Waals surface area (Å²) in [6.07, 6.45) is 8.46. The lowest BCUT2D eigenvalue weighted by Gasteiger charge is -2.32. The van der Waals surface area contributed by atoms with Gasteiger partial charge in [0.25, 0.3) is 5.91 Å². The monoisotopic (exact) mass is 448 g/mol. The van der Waals surface area contributed by atoms with Crippen molar-refractivity contribution in [2.24, 2.45) is 0 Å². The van der Waals surface area contributed by atoms with Gasteiger partial charge in [0.2, 0.25) is 5.95 Å². The number of rotatable bonds is 7. The number of aromatic nitrogens is 4. The highest BCUT2D eigenvalue weighted by atomic mass is 16.1. The van der Waals surface area contributed by atoms with Gasteiger partial charge >= 0.3 is 0 Å². The number of imidazole rings is 1. The molecule has 1 N–H and O–H groups in total.